The number of hydrogen-bond acceptors (Lipinski definition) is 3. The Morgan fingerprint density at radius 2 is 1.17 bits per heavy atom. The smallest absolute Gasteiger partial charge is 0.307 e. The van der Waals surface area contributed by atoms with E-state index in [9.17, 15) is 4.79 Å². The summed E-state index contributed by atoms with van der Waals surface area (Å²) in [5.41, 5.74) is 5.16. The zero-order valence-electron chi connectivity index (χ0n) is 15.4. The topological polar surface area (TPSA) is 52.3 Å². The van der Waals surface area contributed by atoms with E-state index >= 15 is 0 Å². The number of nitrogens with two attached hydrogens (primary N) is 1. The van der Waals surface area contributed by atoms with Crippen LogP contribution in [0.25, 0.3) is 0 Å². The monoisotopic (exact) mass is 325 g/mol. The lowest BCUT2D eigenvalue weighted by Crippen LogP contribution is -2.28. The lowest BCUT2D eigenvalue weighted by atomic mass is 10.0. The summed E-state index contributed by atoms with van der Waals surface area (Å²) in [5, 5.41) is 0. The molecule has 3 nitrogen and oxygen atoms in total. The number of rotatable bonds is 16. The molecule has 3 heteroatoms. The molecule has 0 radical (unpaired) electrons. The Balaban J connectivity index is 1.70. The Morgan fingerprint density at radius 3 is 1.57 bits per heavy atom. The lowest BCUT2D eigenvalue weighted by Gasteiger charge is -2.10. The summed E-state index contributed by atoms with van der Waals surface area (Å²) in [7, 11) is 0. The molecule has 0 aromatic rings. The average Bonchev–Trinajstić information content (AvgIpc) is 3.24. The van der Waals surface area contributed by atoms with Gasteiger partial charge in [0.25, 0.3) is 0 Å². The van der Waals surface area contributed by atoms with E-state index in [-0.39, 0.29) is 5.97 Å². The quantitative estimate of drug-likeness (QED) is 0.220. The van der Waals surface area contributed by atoms with Gasteiger partial charge in [0.2, 0.25) is 0 Å². The van der Waals surface area contributed by atoms with Gasteiger partial charge in [-0.25, -0.2) is 0 Å². The highest BCUT2D eigenvalue weighted by Gasteiger charge is 2.42. The highest BCUT2D eigenvalue weighted by atomic mass is 16.6. The summed E-state index contributed by atoms with van der Waals surface area (Å²) in [6.07, 6.45) is 20.9. The van der Waals surface area contributed by atoms with Gasteiger partial charge < -0.3 is 4.74 Å². The van der Waals surface area contributed by atoms with Gasteiger partial charge in [-0.3, -0.25) is 10.5 Å². The van der Waals surface area contributed by atoms with Gasteiger partial charge in [0.05, 0.1) is 0 Å². The van der Waals surface area contributed by atoms with E-state index in [1.54, 1.807) is 0 Å². The summed E-state index contributed by atoms with van der Waals surface area (Å²) >= 11 is 0. The van der Waals surface area contributed by atoms with Crippen molar-refractivity contribution in [2.24, 2.45) is 5.73 Å². The number of hydrogen-bond donors (Lipinski definition) is 1. The molecule has 0 unspecified atom stereocenters. The first-order valence-corrected chi connectivity index (χ1v) is 10.2. The van der Waals surface area contributed by atoms with Crippen molar-refractivity contribution >= 4 is 5.97 Å². The third-order valence-electron chi connectivity index (χ3n) is 4.79. The van der Waals surface area contributed by atoms with Crippen LogP contribution in [-0.2, 0) is 9.53 Å². The van der Waals surface area contributed by atoms with Crippen LogP contribution in [-0.4, -0.2) is 11.7 Å². The predicted molar refractivity (Wildman–Crippen MR) is 97.2 cm³/mol. The SMILES string of the molecule is CCCCCCCCCCCCCCCCC(=O)OC1(N)CC1. The minimum absolute atomic E-state index is 0.107. The van der Waals surface area contributed by atoms with Crippen LogP contribution in [0.15, 0.2) is 0 Å². The Bertz CT molecular complexity index is 300. The van der Waals surface area contributed by atoms with Gasteiger partial charge in [0.1, 0.15) is 0 Å². The van der Waals surface area contributed by atoms with Gasteiger partial charge in [-0.2, -0.15) is 0 Å². The predicted octanol–water partition coefficient (Wildman–Crippen LogP) is 5.85. The highest BCUT2D eigenvalue weighted by molar-refractivity contribution is 5.70. The van der Waals surface area contributed by atoms with Crippen molar-refractivity contribution in [3.05, 3.63) is 0 Å². The molecule has 1 fully saturated rings. The van der Waals surface area contributed by atoms with Gasteiger partial charge in [0.15, 0.2) is 5.72 Å². The Morgan fingerprint density at radius 1 is 0.783 bits per heavy atom. The van der Waals surface area contributed by atoms with Crippen molar-refractivity contribution in [2.75, 3.05) is 0 Å². The number of esters is 1. The lowest BCUT2D eigenvalue weighted by molar-refractivity contribution is -0.150. The van der Waals surface area contributed by atoms with Crippen LogP contribution in [0.3, 0.4) is 0 Å². The van der Waals surface area contributed by atoms with Gasteiger partial charge in [-0.15, -0.1) is 0 Å². The van der Waals surface area contributed by atoms with Crippen LogP contribution >= 0.6 is 0 Å². The van der Waals surface area contributed by atoms with Crippen molar-refractivity contribution < 1.29 is 9.53 Å². The van der Waals surface area contributed by atoms with E-state index in [1.807, 2.05) is 0 Å². The zero-order valence-corrected chi connectivity index (χ0v) is 15.4. The van der Waals surface area contributed by atoms with Crippen LogP contribution in [0, 0.1) is 0 Å². The van der Waals surface area contributed by atoms with Crippen LogP contribution in [0.5, 0.6) is 0 Å². The molecule has 2 N–H and O–H groups in total. The molecule has 136 valence electrons. The van der Waals surface area contributed by atoms with Crippen molar-refractivity contribution in [2.45, 2.75) is 122 Å². The van der Waals surface area contributed by atoms with Crippen molar-refractivity contribution in [3.8, 4) is 0 Å². The minimum atomic E-state index is -0.590. The maximum Gasteiger partial charge on any atom is 0.307 e. The second-order valence-electron chi connectivity index (χ2n) is 7.39. The van der Waals surface area contributed by atoms with Crippen molar-refractivity contribution in [1.82, 2.24) is 0 Å². The molecular formula is C20H39NO2. The maximum absolute atomic E-state index is 11.5. The van der Waals surface area contributed by atoms with E-state index in [4.69, 9.17) is 10.5 Å². The first-order chi connectivity index (χ1) is 11.2. The third-order valence-corrected chi connectivity index (χ3v) is 4.79. The molecule has 0 bridgehead atoms. The summed E-state index contributed by atoms with van der Waals surface area (Å²) < 4.78 is 5.20. The van der Waals surface area contributed by atoms with Crippen LogP contribution in [0.4, 0.5) is 0 Å². The normalized spacial score (nSPS) is 15.6. The van der Waals surface area contributed by atoms with Crippen LogP contribution in [0.2, 0.25) is 0 Å². The molecular weight excluding hydrogens is 286 g/mol. The molecule has 0 atom stereocenters. The molecule has 0 aromatic carbocycles. The zero-order chi connectivity index (χ0) is 16.8. The number of unbranched alkanes of at least 4 members (excludes halogenated alkanes) is 13. The molecule has 1 aliphatic carbocycles. The molecule has 23 heavy (non-hydrogen) atoms. The van der Waals surface area contributed by atoms with E-state index < -0.39 is 5.72 Å². The molecule has 1 saturated carbocycles. The van der Waals surface area contributed by atoms with Gasteiger partial charge >= 0.3 is 5.97 Å². The minimum Gasteiger partial charge on any atom is -0.444 e. The van der Waals surface area contributed by atoms with E-state index in [0.29, 0.717) is 6.42 Å². The first-order valence-electron chi connectivity index (χ1n) is 10.2. The Labute approximate surface area is 143 Å². The molecule has 0 spiro atoms. The van der Waals surface area contributed by atoms with Gasteiger partial charge in [-0.1, -0.05) is 90.4 Å². The van der Waals surface area contributed by atoms with Crippen LogP contribution < -0.4 is 5.73 Å². The standard InChI is InChI=1S/C20H39NO2/c1-2-3-4-5-6-7-8-9-10-11-12-13-14-15-16-19(22)23-20(21)17-18-20/h2-18,21H2,1H3. The average molecular weight is 326 g/mol. The third kappa shape index (κ3) is 12.5. The molecule has 1 rings (SSSR count). The number of ether oxygens (including phenoxy) is 1. The summed E-state index contributed by atoms with van der Waals surface area (Å²) in [4.78, 5) is 11.5. The molecule has 0 heterocycles. The first kappa shape index (κ1) is 20.5. The second-order valence-corrected chi connectivity index (χ2v) is 7.39. The number of carbonyl (C=O) groups is 1. The highest BCUT2D eigenvalue weighted by Crippen LogP contribution is 2.33. The van der Waals surface area contributed by atoms with Crippen molar-refractivity contribution in [1.29, 1.82) is 0 Å². The molecule has 1 aliphatic rings. The summed E-state index contributed by atoms with van der Waals surface area (Å²) in [6.45, 7) is 2.27. The Kier molecular flexibility index (Phi) is 11.4. The number of carbonyl (C=O) groups excluding carboxylic acids is 1. The molecule has 0 aliphatic heterocycles. The van der Waals surface area contributed by atoms with E-state index in [0.717, 1.165) is 25.7 Å². The molecule has 0 amide bonds. The second kappa shape index (κ2) is 12.8. The van der Waals surface area contributed by atoms with Gasteiger partial charge in [-0.05, 0) is 6.42 Å². The maximum atomic E-state index is 11.5. The Hall–Kier alpha value is -0.570. The fourth-order valence-corrected chi connectivity index (χ4v) is 2.97. The summed E-state index contributed by atoms with van der Waals surface area (Å²) in [6, 6.07) is 0. The fourth-order valence-electron chi connectivity index (χ4n) is 2.97. The largest absolute Gasteiger partial charge is 0.444 e. The van der Waals surface area contributed by atoms with Crippen LogP contribution in [0.1, 0.15) is 116 Å². The van der Waals surface area contributed by atoms with E-state index in [1.165, 1.54) is 77.0 Å². The van der Waals surface area contributed by atoms with E-state index in [2.05, 4.69) is 6.92 Å². The molecule has 0 aromatic heterocycles. The van der Waals surface area contributed by atoms with Gasteiger partial charge in [0, 0.05) is 19.3 Å². The molecule has 0 saturated heterocycles. The fraction of sp³-hybridized carbons (Fsp3) is 0.950. The van der Waals surface area contributed by atoms with Crippen molar-refractivity contribution in [3.63, 3.8) is 0 Å². The summed E-state index contributed by atoms with van der Waals surface area (Å²) in [5.74, 6) is -0.107.